The number of nitrogens with one attached hydrogen (secondary N) is 1. The molecule has 0 saturated carbocycles. The van der Waals surface area contributed by atoms with E-state index in [0.717, 1.165) is 5.56 Å². The number of carbonyl (C=O) groups excluding carboxylic acids is 1. The second-order valence-corrected chi connectivity index (χ2v) is 4.32. The summed E-state index contributed by atoms with van der Waals surface area (Å²) in [6.45, 7) is 0.0827. The lowest BCUT2D eigenvalue weighted by molar-refractivity contribution is 0.0465. The van der Waals surface area contributed by atoms with Crippen molar-refractivity contribution in [2.75, 3.05) is 0 Å². The Morgan fingerprint density at radius 2 is 2.05 bits per heavy atom. The molecule has 0 amide bonds. The molecule has 0 saturated heterocycles. The van der Waals surface area contributed by atoms with Crippen molar-refractivity contribution in [3.63, 3.8) is 0 Å². The molecule has 100 valence electrons. The molecule has 6 heteroatoms. The summed E-state index contributed by atoms with van der Waals surface area (Å²) in [7, 11) is 0. The van der Waals surface area contributed by atoms with Gasteiger partial charge in [0.25, 0.3) is 5.56 Å². The molecule has 0 aliphatic carbocycles. The fraction of sp³-hybridized carbons (Fsp3) is 0.0714. The van der Waals surface area contributed by atoms with Gasteiger partial charge in [-0.15, -0.1) is 0 Å². The lowest BCUT2D eigenvalue weighted by Crippen LogP contribution is -2.17. The Balaban J connectivity index is 2.15. The normalized spacial score (nSPS) is 9.80. The average molecular weight is 289 g/mol. The number of hydrogen-bond acceptors (Lipinski definition) is 4. The van der Waals surface area contributed by atoms with Crippen molar-refractivity contribution in [2.45, 2.75) is 6.61 Å². The molecule has 1 N–H and O–H groups in total. The molecule has 2 rings (SSSR count). The maximum atomic E-state index is 11.8. The summed E-state index contributed by atoms with van der Waals surface area (Å²) in [5.41, 5.74) is -0.212. The second kappa shape index (κ2) is 6.04. The molecule has 0 radical (unpaired) electrons. The molecule has 0 bridgehead atoms. The van der Waals surface area contributed by atoms with Crippen LogP contribution < -0.4 is 5.56 Å². The molecule has 1 heterocycles. The summed E-state index contributed by atoms with van der Waals surface area (Å²) in [5.74, 6) is -0.711. The molecular weight excluding hydrogens is 280 g/mol. The van der Waals surface area contributed by atoms with Crippen molar-refractivity contribution in [3.8, 4) is 6.07 Å². The smallest absolute Gasteiger partial charge is 0.355 e. The Bertz CT molecular complexity index is 732. The summed E-state index contributed by atoms with van der Waals surface area (Å²) in [5, 5.41) is 8.63. The topological polar surface area (TPSA) is 82.9 Å². The van der Waals surface area contributed by atoms with E-state index in [1.165, 1.54) is 6.07 Å². The van der Waals surface area contributed by atoms with Crippen LogP contribution in [0.3, 0.4) is 0 Å². The lowest BCUT2D eigenvalue weighted by atomic mass is 10.2. The summed E-state index contributed by atoms with van der Waals surface area (Å²) >= 11 is 5.75. The number of pyridine rings is 1. The van der Waals surface area contributed by atoms with Gasteiger partial charge < -0.3 is 9.72 Å². The van der Waals surface area contributed by atoms with Crippen LogP contribution in [0.25, 0.3) is 0 Å². The number of aromatic amines is 1. The lowest BCUT2D eigenvalue weighted by Gasteiger charge is -2.05. The fourth-order valence-electron chi connectivity index (χ4n) is 1.54. The third kappa shape index (κ3) is 3.05. The summed E-state index contributed by atoms with van der Waals surface area (Å²) < 4.78 is 5.05. The predicted molar refractivity (Wildman–Crippen MR) is 72.3 cm³/mol. The monoisotopic (exact) mass is 288 g/mol. The number of aromatic nitrogens is 1. The number of halogens is 1. The number of benzene rings is 1. The van der Waals surface area contributed by atoms with Crippen LogP contribution >= 0.6 is 11.6 Å². The van der Waals surface area contributed by atoms with E-state index in [-0.39, 0.29) is 22.9 Å². The van der Waals surface area contributed by atoms with Crippen molar-refractivity contribution < 1.29 is 9.53 Å². The highest BCUT2D eigenvalue weighted by atomic mass is 35.5. The van der Waals surface area contributed by atoms with Crippen LogP contribution in [0.4, 0.5) is 0 Å². The van der Waals surface area contributed by atoms with Gasteiger partial charge >= 0.3 is 5.97 Å². The van der Waals surface area contributed by atoms with E-state index in [2.05, 4.69) is 4.98 Å². The van der Waals surface area contributed by atoms with Crippen LogP contribution in [0.5, 0.6) is 0 Å². The minimum atomic E-state index is -0.716. The molecule has 0 spiro atoms. The number of nitriles is 1. The Morgan fingerprint density at radius 3 is 2.65 bits per heavy atom. The zero-order chi connectivity index (χ0) is 14.5. The molecule has 1 aromatic carbocycles. The molecule has 5 nitrogen and oxygen atoms in total. The third-order valence-corrected chi connectivity index (χ3v) is 2.83. The van der Waals surface area contributed by atoms with E-state index in [4.69, 9.17) is 21.6 Å². The average Bonchev–Trinajstić information content (AvgIpc) is 2.45. The highest BCUT2D eigenvalue weighted by Crippen LogP contribution is 2.12. The van der Waals surface area contributed by atoms with Gasteiger partial charge in [0, 0.05) is 0 Å². The minimum absolute atomic E-state index is 0.0806. The van der Waals surface area contributed by atoms with Gasteiger partial charge in [-0.05, 0) is 11.6 Å². The van der Waals surface area contributed by atoms with Crippen LogP contribution in [0, 0.1) is 11.3 Å². The number of rotatable bonds is 3. The van der Waals surface area contributed by atoms with Crippen LogP contribution in [0.15, 0.2) is 41.2 Å². The van der Waals surface area contributed by atoms with Gasteiger partial charge in [-0.25, -0.2) is 4.79 Å². The number of nitrogens with zero attached hydrogens (tertiary/aromatic N) is 1. The van der Waals surface area contributed by atoms with Crippen LogP contribution in [0.1, 0.15) is 21.6 Å². The molecular formula is C14H9ClN2O3. The molecule has 0 aliphatic rings. The Morgan fingerprint density at radius 1 is 1.35 bits per heavy atom. The van der Waals surface area contributed by atoms with E-state index >= 15 is 0 Å². The first-order valence-corrected chi connectivity index (χ1v) is 6.03. The van der Waals surface area contributed by atoms with Crippen LogP contribution in [-0.4, -0.2) is 11.0 Å². The first kappa shape index (κ1) is 13.8. The number of H-pyrrole nitrogens is 1. The summed E-state index contributed by atoms with van der Waals surface area (Å²) in [6.07, 6.45) is 0. The molecule has 1 aromatic heterocycles. The maximum absolute atomic E-state index is 11.8. The zero-order valence-corrected chi connectivity index (χ0v) is 11.0. The highest BCUT2D eigenvalue weighted by Gasteiger charge is 2.13. The molecule has 0 unspecified atom stereocenters. The molecule has 0 aliphatic heterocycles. The standard InChI is InChI=1S/C14H9ClN2O3/c15-11-6-12(17-13(18)10(11)7-16)14(19)20-8-9-4-2-1-3-5-9/h1-6H,8H2,(H,17,18). The molecule has 2 aromatic rings. The first-order chi connectivity index (χ1) is 9.61. The summed E-state index contributed by atoms with van der Waals surface area (Å²) in [4.78, 5) is 25.6. The van der Waals surface area contributed by atoms with E-state index in [1.807, 2.05) is 30.3 Å². The SMILES string of the molecule is N#Cc1c(Cl)cc(C(=O)OCc2ccccc2)[nH]c1=O. The Hall–Kier alpha value is -2.58. The van der Waals surface area contributed by atoms with Crippen molar-refractivity contribution in [3.05, 3.63) is 68.6 Å². The zero-order valence-electron chi connectivity index (χ0n) is 10.2. The van der Waals surface area contributed by atoms with E-state index < -0.39 is 11.5 Å². The van der Waals surface area contributed by atoms with Crippen LogP contribution in [0.2, 0.25) is 5.02 Å². The Kier molecular flexibility index (Phi) is 4.18. The van der Waals surface area contributed by atoms with E-state index in [0.29, 0.717) is 0 Å². The quantitative estimate of drug-likeness (QED) is 0.878. The van der Waals surface area contributed by atoms with E-state index in [1.54, 1.807) is 6.07 Å². The maximum Gasteiger partial charge on any atom is 0.355 e. The number of carbonyl (C=O) groups is 1. The van der Waals surface area contributed by atoms with Gasteiger partial charge in [0.15, 0.2) is 0 Å². The largest absolute Gasteiger partial charge is 0.456 e. The molecule has 20 heavy (non-hydrogen) atoms. The molecule has 0 atom stereocenters. The van der Waals surface area contributed by atoms with Gasteiger partial charge in [-0.1, -0.05) is 41.9 Å². The van der Waals surface area contributed by atoms with E-state index in [9.17, 15) is 9.59 Å². The van der Waals surface area contributed by atoms with Crippen molar-refractivity contribution in [1.29, 1.82) is 5.26 Å². The fourth-order valence-corrected chi connectivity index (χ4v) is 1.78. The van der Waals surface area contributed by atoms with Crippen LogP contribution in [-0.2, 0) is 11.3 Å². The number of esters is 1. The van der Waals surface area contributed by atoms with Crippen molar-refractivity contribution >= 4 is 17.6 Å². The number of hydrogen-bond donors (Lipinski definition) is 1. The second-order valence-electron chi connectivity index (χ2n) is 3.91. The van der Waals surface area contributed by atoms with Gasteiger partial charge in [0.2, 0.25) is 0 Å². The van der Waals surface area contributed by atoms with Crippen molar-refractivity contribution in [2.24, 2.45) is 0 Å². The highest BCUT2D eigenvalue weighted by molar-refractivity contribution is 6.31. The van der Waals surface area contributed by atoms with Gasteiger partial charge in [-0.2, -0.15) is 5.26 Å². The van der Waals surface area contributed by atoms with Gasteiger partial charge in [0.1, 0.15) is 23.9 Å². The van der Waals surface area contributed by atoms with Gasteiger partial charge in [0.05, 0.1) is 5.02 Å². The third-order valence-electron chi connectivity index (χ3n) is 2.53. The predicted octanol–water partition coefficient (Wildman–Crippen LogP) is 2.26. The number of ether oxygens (including phenoxy) is 1. The Labute approximate surface area is 119 Å². The minimum Gasteiger partial charge on any atom is -0.456 e. The first-order valence-electron chi connectivity index (χ1n) is 5.66. The summed E-state index contributed by atoms with van der Waals surface area (Å²) in [6, 6.07) is 12.0. The van der Waals surface area contributed by atoms with Gasteiger partial charge in [-0.3, -0.25) is 4.79 Å². The van der Waals surface area contributed by atoms with Crippen molar-refractivity contribution in [1.82, 2.24) is 4.98 Å². The molecule has 0 fully saturated rings.